The lowest BCUT2D eigenvalue weighted by Crippen LogP contribution is -2.00. The SMILES string of the molecule is ClCC1=NO[C@H](c2ccccc2)C1. The van der Waals surface area contributed by atoms with Crippen molar-refractivity contribution in [3.05, 3.63) is 35.9 Å². The van der Waals surface area contributed by atoms with E-state index in [1.807, 2.05) is 30.3 Å². The molecule has 2 rings (SSSR count). The van der Waals surface area contributed by atoms with Crippen molar-refractivity contribution in [2.45, 2.75) is 12.5 Å². The van der Waals surface area contributed by atoms with Crippen LogP contribution in [0, 0.1) is 0 Å². The second-order valence-corrected chi connectivity index (χ2v) is 3.27. The van der Waals surface area contributed by atoms with E-state index in [0.29, 0.717) is 5.88 Å². The number of benzene rings is 1. The van der Waals surface area contributed by atoms with Gasteiger partial charge in [0.05, 0.1) is 11.6 Å². The van der Waals surface area contributed by atoms with E-state index < -0.39 is 0 Å². The fraction of sp³-hybridized carbons (Fsp3) is 0.300. The first kappa shape index (κ1) is 8.57. The van der Waals surface area contributed by atoms with Crippen LogP contribution >= 0.6 is 11.6 Å². The Bertz CT molecular complexity index is 310. The maximum Gasteiger partial charge on any atom is 0.157 e. The molecule has 1 aliphatic rings. The Balaban J connectivity index is 2.07. The third-order valence-electron chi connectivity index (χ3n) is 2.06. The first-order valence-electron chi connectivity index (χ1n) is 4.22. The van der Waals surface area contributed by atoms with Gasteiger partial charge in [-0.2, -0.15) is 0 Å². The normalized spacial score (nSPS) is 21.0. The van der Waals surface area contributed by atoms with Gasteiger partial charge >= 0.3 is 0 Å². The van der Waals surface area contributed by atoms with Gasteiger partial charge in [0, 0.05) is 6.42 Å². The first-order chi connectivity index (χ1) is 6.40. The minimum Gasteiger partial charge on any atom is -0.387 e. The van der Waals surface area contributed by atoms with Crippen molar-refractivity contribution in [3.63, 3.8) is 0 Å². The molecule has 0 spiro atoms. The molecule has 1 atom stereocenters. The maximum atomic E-state index is 5.65. The van der Waals surface area contributed by atoms with E-state index in [9.17, 15) is 0 Å². The number of alkyl halides is 1. The largest absolute Gasteiger partial charge is 0.387 e. The molecule has 0 aliphatic carbocycles. The van der Waals surface area contributed by atoms with Gasteiger partial charge in [0.15, 0.2) is 6.10 Å². The van der Waals surface area contributed by atoms with Gasteiger partial charge in [-0.1, -0.05) is 35.5 Å². The molecule has 1 aromatic rings. The monoisotopic (exact) mass is 195 g/mol. The van der Waals surface area contributed by atoms with Gasteiger partial charge < -0.3 is 4.84 Å². The molecule has 2 nitrogen and oxygen atoms in total. The van der Waals surface area contributed by atoms with Crippen LogP contribution in [0.2, 0.25) is 0 Å². The summed E-state index contributed by atoms with van der Waals surface area (Å²) < 4.78 is 0. The summed E-state index contributed by atoms with van der Waals surface area (Å²) in [4.78, 5) is 5.25. The molecule has 0 saturated heterocycles. The molecule has 13 heavy (non-hydrogen) atoms. The Morgan fingerprint density at radius 3 is 2.77 bits per heavy atom. The van der Waals surface area contributed by atoms with E-state index in [1.165, 1.54) is 0 Å². The summed E-state index contributed by atoms with van der Waals surface area (Å²) >= 11 is 5.65. The van der Waals surface area contributed by atoms with Crippen molar-refractivity contribution in [2.24, 2.45) is 5.16 Å². The van der Waals surface area contributed by atoms with E-state index in [2.05, 4.69) is 5.16 Å². The molecule has 0 unspecified atom stereocenters. The van der Waals surface area contributed by atoms with Crippen LogP contribution < -0.4 is 0 Å². The smallest absolute Gasteiger partial charge is 0.157 e. The second-order valence-electron chi connectivity index (χ2n) is 3.00. The van der Waals surface area contributed by atoms with E-state index in [-0.39, 0.29) is 6.10 Å². The fourth-order valence-corrected chi connectivity index (χ4v) is 1.51. The lowest BCUT2D eigenvalue weighted by Gasteiger charge is -2.06. The zero-order chi connectivity index (χ0) is 9.10. The summed E-state index contributed by atoms with van der Waals surface area (Å²) in [6, 6.07) is 10.1. The number of nitrogens with zero attached hydrogens (tertiary/aromatic N) is 1. The molecule has 0 amide bonds. The summed E-state index contributed by atoms with van der Waals surface area (Å²) in [6.45, 7) is 0. The van der Waals surface area contributed by atoms with E-state index in [0.717, 1.165) is 17.7 Å². The van der Waals surface area contributed by atoms with Crippen molar-refractivity contribution in [1.29, 1.82) is 0 Å². The van der Waals surface area contributed by atoms with Crippen molar-refractivity contribution >= 4 is 17.3 Å². The van der Waals surface area contributed by atoms with Crippen LogP contribution in [0.1, 0.15) is 18.1 Å². The molecule has 0 aromatic heterocycles. The average Bonchev–Trinajstić information content (AvgIpc) is 2.67. The van der Waals surface area contributed by atoms with Crippen molar-refractivity contribution in [2.75, 3.05) is 5.88 Å². The van der Waals surface area contributed by atoms with Crippen molar-refractivity contribution in [1.82, 2.24) is 0 Å². The van der Waals surface area contributed by atoms with Crippen LogP contribution in [-0.2, 0) is 4.84 Å². The molecule has 0 fully saturated rings. The highest BCUT2D eigenvalue weighted by Gasteiger charge is 2.21. The Morgan fingerprint density at radius 2 is 2.15 bits per heavy atom. The first-order valence-corrected chi connectivity index (χ1v) is 4.76. The van der Waals surface area contributed by atoms with E-state index in [4.69, 9.17) is 16.4 Å². The van der Waals surface area contributed by atoms with E-state index in [1.54, 1.807) is 0 Å². The lowest BCUT2D eigenvalue weighted by atomic mass is 10.1. The molecular formula is C10H10ClNO. The molecular weight excluding hydrogens is 186 g/mol. The Labute approximate surface area is 82.2 Å². The van der Waals surface area contributed by atoms with Crippen molar-refractivity contribution in [3.8, 4) is 0 Å². The highest BCUT2D eigenvalue weighted by Crippen LogP contribution is 2.26. The molecule has 0 radical (unpaired) electrons. The second kappa shape index (κ2) is 3.79. The number of hydrogen-bond acceptors (Lipinski definition) is 2. The van der Waals surface area contributed by atoms with Gasteiger partial charge in [-0.3, -0.25) is 0 Å². The van der Waals surface area contributed by atoms with Gasteiger partial charge in [0.25, 0.3) is 0 Å². The maximum absolute atomic E-state index is 5.65. The van der Waals surface area contributed by atoms with Crippen LogP contribution in [0.3, 0.4) is 0 Å². The minimum absolute atomic E-state index is 0.0648. The quantitative estimate of drug-likeness (QED) is 0.665. The third kappa shape index (κ3) is 1.83. The summed E-state index contributed by atoms with van der Waals surface area (Å²) in [5.41, 5.74) is 2.09. The van der Waals surface area contributed by atoms with Crippen LogP contribution in [0.15, 0.2) is 35.5 Å². The van der Waals surface area contributed by atoms with Crippen LogP contribution in [0.4, 0.5) is 0 Å². The van der Waals surface area contributed by atoms with Gasteiger partial charge in [0.2, 0.25) is 0 Å². The summed E-state index contributed by atoms with van der Waals surface area (Å²) in [5, 5.41) is 3.90. The summed E-state index contributed by atoms with van der Waals surface area (Å²) in [7, 11) is 0. The zero-order valence-electron chi connectivity index (χ0n) is 7.11. The number of rotatable bonds is 2. The Hall–Kier alpha value is -1.02. The average molecular weight is 196 g/mol. The molecule has 3 heteroatoms. The summed E-state index contributed by atoms with van der Waals surface area (Å²) in [6.07, 6.45) is 0.878. The Morgan fingerprint density at radius 1 is 1.38 bits per heavy atom. The molecule has 1 aliphatic heterocycles. The van der Waals surface area contributed by atoms with Gasteiger partial charge in [-0.15, -0.1) is 11.6 Å². The topological polar surface area (TPSA) is 21.6 Å². The van der Waals surface area contributed by atoms with Gasteiger partial charge in [0.1, 0.15) is 0 Å². The number of halogens is 1. The standard InChI is InChI=1S/C10H10ClNO/c11-7-9-6-10(13-12-9)8-4-2-1-3-5-8/h1-5,10H,6-7H2/t10-/m0/s1. The Kier molecular flexibility index (Phi) is 2.50. The van der Waals surface area contributed by atoms with Crippen LogP contribution in [-0.4, -0.2) is 11.6 Å². The molecule has 0 bridgehead atoms. The highest BCUT2D eigenvalue weighted by atomic mass is 35.5. The lowest BCUT2D eigenvalue weighted by molar-refractivity contribution is 0.0857. The van der Waals surface area contributed by atoms with Crippen LogP contribution in [0.5, 0.6) is 0 Å². The van der Waals surface area contributed by atoms with Gasteiger partial charge in [-0.25, -0.2) is 0 Å². The summed E-state index contributed by atoms with van der Waals surface area (Å²) in [5.74, 6) is 0.462. The van der Waals surface area contributed by atoms with Crippen molar-refractivity contribution < 1.29 is 4.84 Å². The highest BCUT2D eigenvalue weighted by molar-refractivity contribution is 6.28. The van der Waals surface area contributed by atoms with Crippen LogP contribution in [0.25, 0.3) is 0 Å². The predicted molar refractivity (Wildman–Crippen MR) is 53.0 cm³/mol. The minimum atomic E-state index is 0.0648. The van der Waals surface area contributed by atoms with Gasteiger partial charge in [-0.05, 0) is 5.56 Å². The third-order valence-corrected chi connectivity index (χ3v) is 2.36. The molecule has 1 aromatic carbocycles. The predicted octanol–water partition coefficient (Wildman–Crippen LogP) is 2.74. The van der Waals surface area contributed by atoms with E-state index >= 15 is 0 Å². The molecule has 68 valence electrons. The molecule has 0 N–H and O–H groups in total. The molecule has 0 saturated carbocycles. The number of hydrogen-bond donors (Lipinski definition) is 0. The zero-order valence-corrected chi connectivity index (χ0v) is 7.87. The molecule has 1 heterocycles. The fourth-order valence-electron chi connectivity index (χ4n) is 1.35. The number of oxime groups is 1.